The normalized spacial score (nSPS) is 33.0. The van der Waals surface area contributed by atoms with Crippen LogP contribution < -0.4 is 5.32 Å². The molecule has 11 heavy (non-hydrogen) atoms. The van der Waals surface area contributed by atoms with Crippen LogP contribution in [0.1, 0.15) is 19.8 Å². The van der Waals surface area contributed by atoms with Gasteiger partial charge in [0.2, 0.25) is 0 Å². The van der Waals surface area contributed by atoms with E-state index in [0.717, 1.165) is 12.8 Å². The SMILES string of the molecule is COC1CC(N[C@@H](C)CO)C1. The summed E-state index contributed by atoms with van der Waals surface area (Å²) in [6.45, 7) is 2.20. The number of methoxy groups -OCH3 is 1. The van der Waals surface area contributed by atoms with Crippen LogP contribution in [0.2, 0.25) is 0 Å². The van der Waals surface area contributed by atoms with E-state index in [-0.39, 0.29) is 12.6 Å². The minimum absolute atomic E-state index is 0.216. The van der Waals surface area contributed by atoms with E-state index in [4.69, 9.17) is 9.84 Å². The van der Waals surface area contributed by atoms with Gasteiger partial charge in [-0.05, 0) is 19.8 Å². The van der Waals surface area contributed by atoms with Gasteiger partial charge < -0.3 is 15.2 Å². The number of aliphatic hydroxyl groups excluding tert-OH is 1. The van der Waals surface area contributed by atoms with Crippen LogP contribution >= 0.6 is 0 Å². The lowest BCUT2D eigenvalue weighted by Crippen LogP contribution is -2.49. The standard InChI is InChI=1S/C8H17NO2/c1-6(5-10)9-7-3-8(4-7)11-2/h6-10H,3-5H2,1-2H3/t6-,7?,8?/m0/s1. The molecule has 66 valence electrons. The van der Waals surface area contributed by atoms with E-state index in [1.54, 1.807) is 7.11 Å². The molecule has 2 N–H and O–H groups in total. The second-order valence-electron chi connectivity index (χ2n) is 3.28. The average Bonchev–Trinajstić information content (AvgIpc) is 1.95. The van der Waals surface area contributed by atoms with Crippen molar-refractivity contribution >= 4 is 0 Å². The predicted octanol–water partition coefficient (Wildman–Crippen LogP) is 0.134. The predicted molar refractivity (Wildman–Crippen MR) is 43.5 cm³/mol. The first-order chi connectivity index (χ1) is 5.26. The Balaban J connectivity index is 2.04. The van der Waals surface area contributed by atoms with Crippen LogP contribution in [0.15, 0.2) is 0 Å². The Bertz CT molecular complexity index is 113. The Kier molecular flexibility index (Phi) is 3.30. The quantitative estimate of drug-likeness (QED) is 0.613. The first kappa shape index (κ1) is 8.97. The fourth-order valence-corrected chi connectivity index (χ4v) is 1.35. The van der Waals surface area contributed by atoms with Crippen LogP contribution in [0, 0.1) is 0 Å². The lowest BCUT2D eigenvalue weighted by molar-refractivity contribution is 0.0127. The minimum atomic E-state index is 0.216. The smallest absolute Gasteiger partial charge is 0.0601 e. The summed E-state index contributed by atoms with van der Waals surface area (Å²) in [5, 5.41) is 12.0. The molecule has 0 aromatic rings. The summed E-state index contributed by atoms with van der Waals surface area (Å²) in [5.74, 6) is 0. The van der Waals surface area contributed by atoms with Crippen molar-refractivity contribution in [3.63, 3.8) is 0 Å². The molecule has 1 rings (SSSR count). The van der Waals surface area contributed by atoms with Gasteiger partial charge in [0.25, 0.3) is 0 Å². The number of ether oxygens (including phenoxy) is 1. The zero-order valence-electron chi connectivity index (χ0n) is 7.21. The fraction of sp³-hybridized carbons (Fsp3) is 1.00. The van der Waals surface area contributed by atoms with E-state index in [0.29, 0.717) is 12.1 Å². The van der Waals surface area contributed by atoms with Gasteiger partial charge >= 0.3 is 0 Å². The third kappa shape index (κ3) is 2.43. The van der Waals surface area contributed by atoms with Gasteiger partial charge in [0.1, 0.15) is 0 Å². The molecule has 0 unspecified atom stereocenters. The molecule has 1 saturated carbocycles. The molecular weight excluding hydrogens is 142 g/mol. The zero-order chi connectivity index (χ0) is 8.27. The van der Waals surface area contributed by atoms with Crippen molar-refractivity contribution in [1.29, 1.82) is 0 Å². The molecule has 0 spiro atoms. The molecule has 1 fully saturated rings. The molecule has 1 atom stereocenters. The van der Waals surface area contributed by atoms with Crippen molar-refractivity contribution in [3.05, 3.63) is 0 Å². The van der Waals surface area contributed by atoms with E-state index >= 15 is 0 Å². The topological polar surface area (TPSA) is 41.5 Å². The summed E-state index contributed by atoms with van der Waals surface area (Å²) in [6.07, 6.45) is 2.61. The van der Waals surface area contributed by atoms with E-state index < -0.39 is 0 Å². The number of aliphatic hydroxyl groups is 1. The molecule has 0 saturated heterocycles. The molecule has 0 aromatic carbocycles. The van der Waals surface area contributed by atoms with Gasteiger partial charge in [0, 0.05) is 19.2 Å². The molecule has 0 aromatic heterocycles. The second-order valence-corrected chi connectivity index (χ2v) is 3.28. The van der Waals surface area contributed by atoms with Crippen molar-refractivity contribution in [2.75, 3.05) is 13.7 Å². The van der Waals surface area contributed by atoms with Gasteiger partial charge in [0.05, 0.1) is 12.7 Å². The second kappa shape index (κ2) is 4.04. The number of rotatable bonds is 4. The lowest BCUT2D eigenvalue weighted by atomic mass is 9.89. The molecule has 3 nitrogen and oxygen atoms in total. The van der Waals surface area contributed by atoms with Crippen LogP contribution in [0.3, 0.4) is 0 Å². The molecule has 0 bridgehead atoms. The number of hydrogen-bond acceptors (Lipinski definition) is 3. The monoisotopic (exact) mass is 159 g/mol. The van der Waals surface area contributed by atoms with Crippen molar-refractivity contribution in [1.82, 2.24) is 5.32 Å². The van der Waals surface area contributed by atoms with Crippen molar-refractivity contribution in [2.45, 2.75) is 38.0 Å². The van der Waals surface area contributed by atoms with Gasteiger partial charge in [-0.1, -0.05) is 0 Å². The average molecular weight is 159 g/mol. The van der Waals surface area contributed by atoms with Crippen molar-refractivity contribution < 1.29 is 9.84 Å². The van der Waals surface area contributed by atoms with Crippen LogP contribution in [0.5, 0.6) is 0 Å². The first-order valence-corrected chi connectivity index (χ1v) is 4.16. The largest absolute Gasteiger partial charge is 0.395 e. The summed E-state index contributed by atoms with van der Waals surface area (Å²) in [6, 6.07) is 0.778. The number of hydrogen-bond donors (Lipinski definition) is 2. The van der Waals surface area contributed by atoms with Gasteiger partial charge in [-0.25, -0.2) is 0 Å². The highest BCUT2D eigenvalue weighted by atomic mass is 16.5. The number of nitrogens with one attached hydrogen (secondary N) is 1. The van der Waals surface area contributed by atoms with Gasteiger partial charge in [0.15, 0.2) is 0 Å². The molecule has 0 heterocycles. The van der Waals surface area contributed by atoms with Gasteiger partial charge in [-0.3, -0.25) is 0 Å². The van der Waals surface area contributed by atoms with Crippen molar-refractivity contribution in [3.8, 4) is 0 Å². The maximum atomic E-state index is 8.73. The highest BCUT2D eigenvalue weighted by molar-refractivity contribution is 4.87. The Morgan fingerprint density at radius 3 is 2.73 bits per heavy atom. The van der Waals surface area contributed by atoms with Gasteiger partial charge in [-0.15, -0.1) is 0 Å². The summed E-state index contributed by atoms with van der Waals surface area (Å²) in [5.41, 5.74) is 0. The molecule has 1 aliphatic carbocycles. The summed E-state index contributed by atoms with van der Waals surface area (Å²) in [7, 11) is 1.75. The van der Waals surface area contributed by atoms with Crippen LogP contribution in [-0.2, 0) is 4.74 Å². The van der Waals surface area contributed by atoms with E-state index in [1.807, 2.05) is 6.92 Å². The molecular formula is C8H17NO2. The van der Waals surface area contributed by atoms with E-state index in [9.17, 15) is 0 Å². The Labute approximate surface area is 67.7 Å². The minimum Gasteiger partial charge on any atom is -0.395 e. The van der Waals surface area contributed by atoms with Crippen LogP contribution in [-0.4, -0.2) is 37.0 Å². The van der Waals surface area contributed by atoms with E-state index in [2.05, 4.69) is 5.32 Å². The zero-order valence-corrected chi connectivity index (χ0v) is 7.21. The summed E-state index contributed by atoms with van der Waals surface area (Å²) in [4.78, 5) is 0. The molecule has 1 aliphatic rings. The highest BCUT2D eigenvalue weighted by Gasteiger charge is 2.29. The third-order valence-electron chi connectivity index (χ3n) is 2.22. The maximum Gasteiger partial charge on any atom is 0.0601 e. The summed E-state index contributed by atoms with van der Waals surface area (Å²) < 4.78 is 5.13. The fourth-order valence-electron chi connectivity index (χ4n) is 1.35. The lowest BCUT2D eigenvalue weighted by Gasteiger charge is -2.36. The highest BCUT2D eigenvalue weighted by Crippen LogP contribution is 2.22. The molecule has 0 radical (unpaired) electrons. The van der Waals surface area contributed by atoms with Gasteiger partial charge in [-0.2, -0.15) is 0 Å². The molecule has 0 aliphatic heterocycles. The maximum absolute atomic E-state index is 8.73. The first-order valence-electron chi connectivity index (χ1n) is 4.16. The Morgan fingerprint density at radius 2 is 2.27 bits per heavy atom. The molecule has 0 amide bonds. The molecule has 3 heteroatoms. The Hall–Kier alpha value is -0.120. The van der Waals surface area contributed by atoms with E-state index in [1.165, 1.54) is 0 Å². The van der Waals surface area contributed by atoms with Crippen LogP contribution in [0.4, 0.5) is 0 Å². The van der Waals surface area contributed by atoms with Crippen molar-refractivity contribution in [2.24, 2.45) is 0 Å². The van der Waals surface area contributed by atoms with Crippen LogP contribution in [0.25, 0.3) is 0 Å². The Morgan fingerprint density at radius 1 is 1.64 bits per heavy atom. The third-order valence-corrected chi connectivity index (χ3v) is 2.22. The summed E-state index contributed by atoms with van der Waals surface area (Å²) >= 11 is 0.